The number of hydrogen-bond donors (Lipinski definition) is 3. The van der Waals surface area contributed by atoms with Crippen molar-refractivity contribution >= 4 is 62.2 Å². The van der Waals surface area contributed by atoms with Gasteiger partial charge in [0.15, 0.2) is 0 Å². The predicted molar refractivity (Wildman–Crippen MR) is 223 cm³/mol. The van der Waals surface area contributed by atoms with Crippen LogP contribution in [0.4, 0.5) is 23.0 Å². The number of carbonyl (C=O) groups is 4. The number of fused-ring (bicyclic) bond motifs is 2. The van der Waals surface area contributed by atoms with Crippen molar-refractivity contribution in [2.45, 2.75) is 63.8 Å². The molecular weight excluding hydrogens is 773 g/mol. The van der Waals surface area contributed by atoms with E-state index in [0.717, 1.165) is 85.2 Å². The molecule has 1 unspecified atom stereocenters. The highest BCUT2D eigenvalue weighted by molar-refractivity contribution is 7.92. The standard InChI is InChI=1S/C43H46N8O7S/c1-59(56,57)48-31-10-6-9-29(26-31)35-18-17-33-27-44-43(47-51(33)35)45-30-13-15-32(16-14-30)49-23-21-28(22-24-49)8-4-2-3-5-25-58-37-12-7-11-34-39(37)42(55)50(41(34)54)36-19-20-38(52)46-40(36)53/h6-7,9-18,26-28,36,48H,2-5,8,19-25H2,1H3,(H,45,47)(H,46,52,53). The van der Waals surface area contributed by atoms with Gasteiger partial charge in [-0.15, -0.1) is 5.10 Å². The van der Waals surface area contributed by atoms with Gasteiger partial charge in [0.25, 0.3) is 11.8 Å². The van der Waals surface area contributed by atoms with Crippen LogP contribution in [0.15, 0.2) is 85.1 Å². The molecule has 8 rings (SSSR count). The molecule has 0 aliphatic carbocycles. The van der Waals surface area contributed by atoms with Gasteiger partial charge < -0.3 is 15.0 Å². The van der Waals surface area contributed by atoms with E-state index in [-0.39, 0.29) is 24.0 Å². The second kappa shape index (κ2) is 16.9. The molecule has 3 aliphatic rings. The van der Waals surface area contributed by atoms with Crippen molar-refractivity contribution in [3.05, 3.63) is 96.2 Å². The highest BCUT2D eigenvalue weighted by Gasteiger charge is 2.46. The lowest BCUT2D eigenvalue weighted by atomic mass is 9.91. The molecule has 0 bridgehead atoms. The van der Waals surface area contributed by atoms with Gasteiger partial charge >= 0.3 is 0 Å². The molecule has 0 radical (unpaired) electrons. The largest absolute Gasteiger partial charge is 0.493 e. The number of sulfonamides is 1. The molecule has 16 heteroatoms. The van der Waals surface area contributed by atoms with E-state index in [1.165, 1.54) is 12.1 Å². The quantitative estimate of drug-likeness (QED) is 0.0813. The molecule has 0 saturated carbocycles. The van der Waals surface area contributed by atoms with Crippen LogP contribution in [-0.4, -0.2) is 83.5 Å². The highest BCUT2D eigenvalue weighted by atomic mass is 32.2. The molecule has 5 heterocycles. The minimum absolute atomic E-state index is 0.0741. The smallest absolute Gasteiger partial charge is 0.266 e. The van der Waals surface area contributed by atoms with Crippen LogP contribution >= 0.6 is 0 Å². The van der Waals surface area contributed by atoms with Gasteiger partial charge in [0.1, 0.15) is 11.8 Å². The van der Waals surface area contributed by atoms with E-state index in [1.54, 1.807) is 47.1 Å². The maximum absolute atomic E-state index is 13.3. The zero-order valence-electron chi connectivity index (χ0n) is 32.7. The Bertz CT molecular complexity index is 2510. The Morgan fingerprint density at radius 1 is 0.847 bits per heavy atom. The Balaban J connectivity index is 0.757. The van der Waals surface area contributed by atoms with E-state index >= 15 is 0 Å². The fourth-order valence-electron chi connectivity index (χ4n) is 8.17. The summed E-state index contributed by atoms with van der Waals surface area (Å²) < 4.78 is 33.8. The van der Waals surface area contributed by atoms with E-state index in [9.17, 15) is 27.6 Å². The predicted octanol–water partition coefficient (Wildman–Crippen LogP) is 6.16. The van der Waals surface area contributed by atoms with Crippen molar-refractivity contribution in [3.8, 4) is 17.0 Å². The summed E-state index contributed by atoms with van der Waals surface area (Å²) in [7, 11) is -3.40. The fourth-order valence-corrected chi connectivity index (χ4v) is 8.73. The second-order valence-corrected chi connectivity index (χ2v) is 17.1. The highest BCUT2D eigenvalue weighted by Crippen LogP contribution is 2.34. The summed E-state index contributed by atoms with van der Waals surface area (Å²) >= 11 is 0. The lowest BCUT2D eigenvalue weighted by molar-refractivity contribution is -0.136. The molecule has 5 aromatic rings. The molecule has 15 nitrogen and oxygen atoms in total. The second-order valence-electron chi connectivity index (χ2n) is 15.4. The fraction of sp³-hybridized carbons (Fsp3) is 0.349. The monoisotopic (exact) mass is 818 g/mol. The summed E-state index contributed by atoms with van der Waals surface area (Å²) in [5.74, 6) is -0.658. The summed E-state index contributed by atoms with van der Waals surface area (Å²) in [6.07, 6.45) is 10.6. The molecule has 3 aromatic carbocycles. The Morgan fingerprint density at radius 3 is 2.41 bits per heavy atom. The third-order valence-corrected chi connectivity index (χ3v) is 11.8. The van der Waals surface area contributed by atoms with Gasteiger partial charge in [-0.25, -0.2) is 17.9 Å². The molecule has 2 fully saturated rings. The van der Waals surface area contributed by atoms with Gasteiger partial charge in [-0.05, 0) is 92.3 Å². The number of piperidine rings is 2. The van der Waals surface area contributed by atoms with Crippen LogP contribution in [0.1, 0.15) is 78.5 Å². The molecule has 2 saturated heterocycles. The Labute approximate surface area is 342 Å². The topological polar surface area (TPSA) is 184 Å². The van der Waals surface area contributed by atoms with Crippen molar-refractivity contribution in [2.75, 3.05) is 40.9 Å². The van der Waals surface area contributed by atoms with Crippen LogP contribution in [0.5, 0.6) is 5.75 Å². The molecule has 0 spiro atoms. The molecule has 3 N–H and O–H groups in total. The van der Waals surface area contributed by atoms with E-state index in [2.05, 4.69) is 37.4 Å². The molecule has 3 aliphatic heterocycles. The summed E-state index contributed by atoms with van der Waals surface area (Å²) in [4.78, 5) is 58.3. The van der Waals surface area contributed by atoms with Crippen molar-refractivity contribution in [1.29, 1.82) is 0 Å². The number of benzene rings is 3. The first-order chi connectivity index (χ1) is 28.5. The maximum atomic E-state index is 13.3. The number of aromatic nitrogens is 3. The summed E-state index contributed by atoms with van der Waals surface area (Å²) in [6.45, 7) is 2.43. The number of ether oxygens (including phenoxy) is 1. The summed E-state index contributed by atoms with van der Waals surface area (Å²) in [5, 5.41) is 10.3. The number of imide groups is 2. The zero-order chi connectivity index (χ0) is 41.1. The molecule has 59 heavy (non-hydrogen) atoms. The summed E-state index contributed by atoms with van der Waals surface area (Å²) in [5.41, 5.74) is 5.37. The lowest BCUT2D eigenvalue weighted by Gasteiger charge is -2.33. The maximum Gasteiger partial charge on any atom is 0.266 e. The van der Waals surface area contributed by atoms with Crippen LogP contribution in [0.3, 0.4) is 0 Å². The average Bonchev–Trinajstić information content (AvgIpc) is 3.75. The van der Waals surface area contributed by atoms with Crippen LogP contribution < -0.4 is 25.0 Å². The number of rotatable bonds is 15. The Hall–Kier alpha value is -6.29. The van der Waals surface area contributed by atoms with E-state index < -0.39 is 39.7 Å². The van der Waals surface area contributed by atoms with E-state index in [0.29, 0.717) is 29.9 Å². The molecule has 2 aromatic heterocycles. The Kier molecular flexibility index (Phi) is 11.3. The molecular formula is C43H46N8O7S. The zero-order valence-corrected chi connectivity index (χ0v) is 33.5. The van der Waals surface area contributed by atoms with Crippen LogP contribution in [-0.2, 0) is 19.6 Å². The normalized spacial score (nSPS) is 17.3. The lowest BCUT2D eigenvalue weighted by Crippen LogP contribution is -2.54. The number of nitrogens with zero attached hydrogens (tertiary/aromatic N) is 5. The SMILES string of the molecule is CS(=O)(=O)Nc1cccc(-c2ccc3cnc(Nc4ccc(N5CCC(CCCCCCOc6cccc7c6C(=O)N(C6CCC(=O)NC6=O)C7=O)CC5)cc4)nn23)c1. The number of unbranched alkanes of at least 4 members (excludes halogenated alkanes) is 3. The number of amides is 4. The minimum atomic E-state index is -3.40. The van der Waals surface area contributed by atoms with Gasteiger partial charge in [-0.2, -0.15) is 0 Å². The van der Waals surface area contributed by atoms with Crippen molar-refractivity contribution in [3.63, 3.8) is 0 Å². The number of carbonyl (C=O) groups excluding carboxylic acids is 4. The first kappa shape index (κ1) is 39.5. The molecule has 1 atom stereocenters. The van der Waals surface area contributed by atoms with Gasteiger partial charge in [-0.1, -0.05) is 43.9 Å². The van der Waals surface area contributed by atoms with Crippen LogP contribution in [0.25, 0.3) is 16.8 Å². The first-order valence-electron chi connectivity index (χ1n) is 20.0. The molecule has 4 amide bonds. The van der Waals surface area contributed by atoms with E-state index in [1.807, 2.05) is 30.3 Å². The summed E-state index contributed by atoms with van der Waals surface area (Å²) in [6, 6.07) is 23.3. The van der Waals surface area contributed by atoms with Gasteiger partial charge in [0.2, 0.25) is 27.8 Å². The van der Waals surface area contributed by atoms with Crippen LogP contribution in [0, 0.1) is 5.92 Å². The number of anilines is 4. The minimum Gasteiger partial charge on any atom is -0.493 e. The van der Waals surface area contributed by atoms with Crippen molar-refractivity contribution < 1.29 is 32.3 Å². The average molecular weight is 819 g/mol. The van der Waals surface area contributed by atoms with Crippen molar-refractivity contribution in [1.82, 2.24) is 24.8 Å². The van der Waals surface area contributed by atoms with E-state index in [4.69, 9.17) is 9.84 Å². The molecule has 306 valence electrons. The van der Waals surface area contributed by atoms with Gasteiger partial charge in [0.05, 0.1) is 41.4 Å². The Morgan fingerprint density at radius 2 is 1.63 bits per heavy atom. The van der Waals surface area contributed by atoms with Crippen molar-refractivity contribution in [2.24, 2.45) is 5.92 Å². The van der Waals surface area contributed by atoms with Gasteiger partial charge in [-0.3, -0.25) is 34.1 Å². The van der Waals surface area contributed by atoms with Gasteiger partial charge in [0, 0.05) is 42.1 Å². The first-order valence-corrected chi connectivity index (χ1v) is 21.9. The third kappa shape index (κ3) is 8.92. The number of hydrogen-bond acceptors (Lipinski definition) is 11. The van der Waals surface area contributed by atoms with Crippen LogP contribution in [0.2, 0.25) is 0 Å². The number of nitrogens with one attached hydrogen (secondary N) is 3. The third-order valence-electron chi connectivity index (χ3n) is 11.2.